The van der Waals surface area contributed by atoms with E-state index in [1.165, 1.54) is 19.1 Å². The van der Waals surface area contributed by atoms with Crippen LogP contribution in [0, 0.1) is 10.1 Å². The highest BCUT2D eigenvalue weighted by Gasteiger charge is 2.23. The summed E-state index contributed by atoms with van der Waals surface area (Å²) in [6, 6.07) is 2.78. The van der Waals surface area contributed by atoms with E-state index >= 15 is 0 Å². The van der Waals surface area contributed by atoms with Crippen LogP contribution in [-0.2, 0) is 4.79 Å². The molecule has 0 fully saturated rings. The zero-order chi connectivity index (χ0) is 15.3. The van der Waals surface area contributed by atoms with Gasteiger partial charge in [-0.3, -0.25) is 14.9 Å². The average molecular weight is 347 g/mol. The third-order valence-corrected chi connectivity index (χ3v) is 2.89. The van der Waals surface area contributed by atoms with Crippen LogP contribution in [0.4, 0.5) is 5.69 Å². The minimum Gasteiger partial charge on any atom is -0.476 e. The van der Waals surface area contributed by atoms with E-state index in [1.54, 1.807) is 6.92 Å². The van der Waals surface area contributed by atoms with Gasteiger partial charge in [-0.15, -0.1) is 0 Å². The number of ether oxygens (including phenoxy) is 1. The van der Waals surface area contributed by atoms with Crippen molar-refractivity contribution in [3.8, 4) is 5.75 Å². The smallest absolute Gasteiger partial charge is 0.312 e. The number of amides is 1. The zero-order valence-corrected chi connectivity index (χ0v) is 12.6. The molecular weight excluding hydrogens is 332 g/mol. The van der Waals surface area contributed by atoms with E-state index in [1.807, 2.05) is 0 Å². The standard InChI is InChI=1S/C12H15BrN2O5/c1-3-14-11(17)6-20-12-9(7(2)16)4-8(13)5-10(12)15(18)19/h4-5,7,16H,3,6H2,1-2H3,(H,14,17)/t7-/m1/s1. The summed E-state index contributed by atoms with van der Waals surface area (Å²) in [5.74, 6) is -0.485. The largest absolute Gasteiger partial charge is 0.476 e. The first kappa shape index (κ1) is 16.4. The van der Waals surface area contributed by atoms with Gasteiger partial charge in [-0.2, -0.15) is 0 Å². The van der Waals surface area contributed by atoms with Crippen molar-refractivity contribution >= 4 is 27.5 Å². The second-order valence-electron chi connectivity index (χ2n) is 4.02. The number of aliphatic hydroxyl groups excluding tert-OH is 1. The van der Waals surface area contributed by atoms with E-state index in [9.17, 15) is 20.0 Å². The topological polar surface area (TPSA) is 102 Å². The van der Waals surface area contributed by atoms with Gasteiger partial charge < -0.3 is 15.2 Å². The Balaban J connectivity index is 3.13. The number of nitrogens with zero attached hydrogens (tertiary/aromatic N) is 1. The number of nitro benzene ring substituents is 1. The molecule has 0 radical (unpaired) electrons. The molecule has 1 amide bonds. The van der Waals surface area contributed by atoms with Crippen molar-refractivity contribution in [1.29, 1.82) is 0 Å². The van der Waals surface area contributed by atoms with Crippen LogP contribution in [0.25, 0.3) is 0 Å². The van der Waals surface area contributed by atoms with Crippen molar-refractivity contribution in [3.63, 3.8) is 0 Å². The van der Waals surface area contributed by atoms with E-state index in [4.69, 9.17) is 4.74 Å². The number of nitrogens with one attached hydrogen (secondary N) is 1. The molecule has 7 nitrogen and oxygen atoms in total. The molecule has 1 aromatic rings. The van der Waals surface area contributed by atoms with Crippen LogP contribution in [0.1, 0.15) is 25.5 Å². The monoisotopic (exact) mass is 346 g/mol. The highest BCUT2D eigenvalue weighted by atomic mass is 79.9. The van der Waals surface area contributed by atoms with Crippen LogP contribution in [0.3, 0.4) is 0 Å². The van der Waals surface area contributed by atoms with Crippen LogP contribution in [-0.4, -0.2) is 29.1 Å². The molecule has 1 atom stereocenters. The number of benzene rings is 1. The van der Waals surface area contributed by atoms with E-state index in [-0.39, 0.29) is 29.5 Å². The summed E-state index contributed by atoms with van der Waals surface area (Å²) in [6.45, 7) is 3.30. The summed E-state index contributed by atoms with van der Waals surface area (Å²) in [7, 11) is 0. The fourth-order valence-electron chi connectivity index (χ4n) is 1.59. The lowest BCUT2D eigenvalue weighted by molar-refractivity contribution is -0.386. The molecule has 0 saturated heterocycles. The van der Waals surface area contributed by atoms with Gasteiger partial charge in [-0.05, 0) is 19.9 Å². The van der Waals surface area contributed by atoms with Gasteiger partial charge in [-0.25, -0.2) is 0 Å². The number of hydrogen-bond acceptors (Lipinski definition) is 5. The van der Waals surface area contributed by atoms with Gasteiger partial charge in [0, 0.05) is 22.6 Å². The molecule has 0 aromatic heterocycles. The van der Waals surface area contributed by atoms with Crippen molar-refractivity contribution in [1.82, 2.24) is 5.32 Å². The fraction of sp³-hybridized carbons (Fsp3) is 0.417. The predicted molar refractivity (Wildman–Crippen MR) is 75.6 cm³/mol. The van der Waals surface area contributed by atoms with Crippen LogP contribution < -0.4 is 10.1 Å². The Morgan fingerprint density at radius 3 is 2.75 bits per heavy atom. The zero-order valence-electron chi connectivity index (χ0n) is 11.1. The molecule has 0 aliphatic heterocycles. The molecule has 0 bridgehead atoms. The number of aliphatic hydroxyl groups is 1. The van der Waals surface area contributed by atoms with Gasteiger partial charge in [-0.1, -0.05) is 15.9 Å². The third kappa shape index (κ3) is 4.17. The minimum absolute atomic E-state index is 0.0977. The Labute approximate surface area is 124 Å². The summed E-state index contributed by atoms with van der Waals surface area (Å²) >= 11 is 3.14. The van der Waals surface area contributed by atoms with E-state index < -0.39 is 11.0 Å². The van der Waals surface area contributed by atoms with Gasteiger partial charge in [0.1, 0.15) is 0 Å². The highest BCUT2D eigenvalue weighted by Crippen LogP contribution is 2.37. The van der Waals surface area contributed by atoms with Crippen molar-refractivity contribution < 1.29 is 19.6 Å². The molecule has 20 heavy (non-hydrogen) atoms. The van der Waals surface area contributed by atoms with Crippen LogP contribution in [0.2, 0.25) is 0 Å². The number of carbonyl (C=O) groups is 1. The number of hydrogen-bond donors (Lipinski definition) is 2. The molecule has 0 heterocycles. The molecule has 2 N–H and O–H groups in total. The number of carbonyl (C=O) groups excluding carboxylic acids is 1. The van der Waals surface area contributed by atoms with Gasteiger partial charge >= 0.3 is 5.69 Å². The predicted octanol–water partition coefficient (Wildman–Crippen LogP) is 1.93. The Morgan fingerprint density at radius 1 is 1.60 bits per heavy atom. The maximum atomic E-state index is 11.4. The summed E-state index contributed by atoms with van der Waals surface area (Å²) in [5, 5.41) is 23.2. The maximum absolute atomic E-state index is 11.4. The Kier molecular flexibility index (Phi) is 5.90. The second kappa shape index (κ2) is 7.20. The van der Waals surface area contributed by atoms with Crippen molar-refractivity contribution in [3.05, 3.63) is 32.3 Å². The SMILES string of the molecule is CCNC(=O)COc1c([C@@H](C)O)cc(Br)cc1[N+](=O)[O-]. The lowest BCUT2D eigenvalue weighted by atomic mass is 10.1. The van der Waals surface area contributed by atoms with Crippen LogP contribution in [0.5, 0.6) is 5.75 Å². The van der Waals surface area contributed by atoms with Crippen molar-refractivity contribution in [2.24, 2.45) is 0 Å². The van der Waals surface area contributed by atoms with Crippen molar-refractivity contribution in [2.45, 2.75) is 20.0 Å². The number of nitro groups is 1. The second-order valence-corrected chi connectivity index (χ2v) is 4.93. The minimum atomic E-state index is -0.963. The number of halogens is 1. The molecule has 0 saturated carbocycles. The Morgan fingerprint density at radius 2 is 2.25 bits per heavy atom. The molecular formula is C12H15BrN2O5. The maximum Gasteiger partial charge on any atom is 0.312 e. The lowest BCUT2D eigenvalue weighted by Crippen LogP contribution is -2.28. The summed E-state index contributed by atoms with van der Waals surface area (Å²) in [4.78, 5) is 21.8. The highest BCUT2D eigenvalue weighted by molar-refractivity contribution is 9.10. The van der Waals surface area contributed by atoms with Gasteiger partial charge in [0.2, 0.25) is 5.75 Å². The van der Waals surface area contributed by atoms with Crippen LogP contribution >= 0.6 is 15.9 Å². The molecule has 8 heteroatoms. The normalized spacial score (nSPS) is 11.8. The quantitative estimate of drug-likeness (QED) is 0.605. The van der Waals surface area contributed by atoms with Gasteiger partial charge in [0.05, 0.1) is 11.0 Å². The van der Waals surface area contributed by atoms with Gasteiger partial charge in [0.15, 0.2) is 6.61 Å². The van der Waals surface area contributed by atoms with E-state index in [2.05, 4.69) is 21.2 Å². The molecule has 0 spiro atoms. The molecule has 0 aliphatic rings. The first-order chi connectivity index (χ1) is 9.36. The van der Waals surface area contributed by atoms with Crippen molar-refractivity contribution in [2.75, 3.05) is 13.2 Å². The number of likely N-dealkylation sites (N-methyl/N-ethyl adjacent to an activating group) is 1. The van der Waals surface area contributed by atoms with Crippen LogP contribution in [0.15, 0.2) is 16.6 Å². The van der Waals surface area contributed by atoms with Gasteiger partial charge in [0.25, 0.3) is 5.91 Å². The molecule has 0 unspecified atom stereocenters. The third-order valence-electron chi connectivity index (χ3n) is 2.43. The average Bonchev–Trinajstić information content (AvgIpc) is 2.36. The molecule has 0 aliphatic carbocycles. The summed E-state index contributed by atoms with van der Waals surface area (Å²) < 4.78 is 5.68. The number of rotatable bonds is 6. The summed E-state index contributed by atoms with van der Waals surface area (Å²) in [6.07, 6.45) is -0.963. The van der Waals surface area contributed by atoms with E-state index in [0.717, 1.165) is 0 Å². The Bertz CT molecular complexity index is 519. The first-order valence-corrected chi connectivity index (χ1v) is 6.71. The summed E-state index contributed by atoms with van der Waals surface area (Å²) in [5.41, 5.74) is -0.0602. The fourth-order valence-corrected chi connectivity index (χ4v) is 2.05. The lowest BCUT2D eigenvalue weighted by Gasteiger charge is -2.14. The molecule has 1 aromatic carbocycles. The first-order valence-electron chi connectivity index (χ1n) is 5.92. The molecule has 1 rings (SSSR count). The van der Waals surface area contributed by atoms with E-state index in [0.29, 0.717) is 11.0 Å². The Hall–Kier alpha value is -1.67. The molecule has 110 valence electrons.